The molecule has 2 atom stereocenters. The van der Waals surface area contributed by atoms with Crippen LogP contribution in [0.4, 0.5) is 0 Å². The Morgan fingerprint density at radius 1 is 1.41 bits per heavy atom. The van der Waals surface area contributed by atoms with Crippen molar-refractivity contribution in [2.75, 3.05) is 26.7 Å². The number of hydrogen-bond acceptors (Lipinski definition) is 3. The fraction of sp³-hybridized carbons (Fsp3) is 0.571. The molecule has 3 heteroatoms. The molecule has 3 nitrogen and oxygen atoms in total. The first-order valence-electron chi connectivity index (χ1n) is 6.32. The predicted octanol–water partition coefficient (Wildman–Crippen LogP) is 2.05. The number of piperazine rings is 1. The SMILES string of the molecule is COc1ccccc1C(C)N1CCNC(C)C1. The Kier molecular flexibility index (Phi) is 4.02. The lowest BCUT2D eigenvalue weighted by molar-refractivity contribution is 0.156. The molecule has 1 aliphatic rings. The number of nitrogens with zero attached hydrogens (tertiary/aromatic N) is 1. The van der Waals surface area contributed by atoms with Crippen molar-refractivity contribution in [3.05, 3.63) is 29.8 Å². The third-order valence-electron chi connectivity index (χ3n) is 3.54. The highest BCUT2D eigenvalue weighted by molar-refractivity contribution is 5.35. The van der Waals surface area contributed by atoms with Gasteiger partial charge in [-0.25, -0.2) is 0 Å². The van der Waals surface area contributed by atoms with E-state index in [-0.39, 0.29) is 0 Å². The van der Waals surface area contributed by atoms with Crippen LogP contribution in [0.15, 0.2) is 24.3 Å². The maximum absolute atomic E-state index is 5.44. The van der Waals surface area contributed by atoms with E-state index in [9.17, 15) is 0 Å². The van der Waals surface area contributed by atoms with Gasteiger partial charge in [-0.15, -0.1) is 0 Å². The Bertz CT molecular complexity index is 367. The molecule has 0 saturated carbocycles. The zero-order chi connectivity index (χ0) is 12.3. The van der Waals surface area contributed by atoms with E-state index in [2.05, 4.69) is 36.2 Å². The van der Waals surface area contributed by atoms with E-state index in [1.807, 2.05) is 12.1 Å². The van der Waals surface area contributed by atoms with Gasteiger partial charge in [-0.05, 0) is 19.9 Å². The second kappa shape index (κ2) is 5.52. The van der Waals surface area contributed by atoms with E-state index in [4.69, 9.17) is 4.74 Å². The molecule has 1 aliphatic heterocycles. The van der Waals surface area contributed by atoms with Gasteiger partial charge in [-0.1, -0.05) is 18.2 Å². The fourth-order valence-electron chi connectivity index (χ4n) is 2.52. The monoisotopic (exact) mass is 234 g/mol. The maximum atomic E-state index is 5.44. The van der Waals surface area contributed by atoms with Crippen molar-refractivity contribution in [1.29, 1.82) is 0 Å². The molecule has 0 amide bonds. The second-order valence-electron chi connectivity index (χ2n) is 4.77. The minimum absolute atomic E-state index is 0.413. The summed E-state index contributed by atoms with van der Waals surface area (Å²) in [5.74, 6) is 0.992. The van der Waals surface area contributed by atoms with Gasteiger partial charge in [0.25, 0.3) is 0 Å². The quantitative estimate of drug-likeness (QED) is 0.866. The van der Waals surface area contributed by atoms with Gasteiger partial charge in [0.15, 0.2) is 0 Å². The zero-order valence-corrected chi connectivity index (χ0v) is 10.9. The summed E-state index contributed by atoms with van der Waals surface area (Å²) < 4.78 is 5.44. The minimum atomic E-state index is 0.413. The molecule has 1 saturated heterocycles. The zero-order valence-electron chi connectivity index (χ0n) is 10.9. The molecule has 0 radical (unpaired) electrons. The number of ether oxygens (including phenoxy) is 1. The van der Waals surface area contributed by atoms with Crippen molar-refractivity contribution in [2.24, 2.45) is 0 Å². The molecule has 1 N–H and O–H groups in total. The molecule has 0 bridgehead atoms. The molecule has 1 heterocycles. The Labute approximate surface area is 104 Å². The van der Waals surface area contributed by atoms with Crippen LogP contribution in [-0.2, 0) is 0 Å². The highest BCUT2D eigenvalue weighted by Crippen LogP contribution is 2.29. The van der Waals surface area contributed by atoms with E-state index in [0.717, 1.165) is 25.4 Å². The van der Waals surface area contributed by atoms with E-state index < -0.39 is 0 Å². The number of methoxy groups -OCH3 is 1. The fourth-order valence-corrected chi connectivity index (χ4v) is 2.52. The lowest BCUT2D eigenvalue weighted by Crippen LogP contribution is -2.49. The number of benzene rings is 1. The van der Waals surface area contributed by atoms with Gasteiger partial charge in [-0.3, -0.25) is 4.90 Å². The van der Waals surface area contributed by atoms with E-state index in [1.165, 1.54) is 5.56 Å². The maximum Gasteiger partial charge on any atom is 0.123 e. The third kappa shape index (κ3) is 2.79. The number of rotatable bonds is 3. The first-order valence-corrected chi connectivity index (χ1v) is 6.32. The van der Waals surface area contributed by atoms with Crippen LogP contribution < -0.4 is 10.1 Å². The van der Waals surface area contributed by atoms with E-state index in [0.29, 0.717) is 12.1 Å². The highest BCUT2D eigenvalue weighted by Gasteiger charge is 2.23. The Morgan fingerprint density at radius 2 is 2.18 bits per heavy atom. The second-order valence-corrected chi connectivity index (χ2v) is 4.77. The first kappa shape index (κ1) is 12.4. The van der Waals surface area contributed by atoms with Gasteiger partial charge in [0, 0.05) is 37.3 Å². The summed E-state index contributed by atoms with van der Waals surface area (Å²) in [7, 11) is 1.74. The van der Waals surface area contributed by atoms with Crippen molar-refractivity contribution in [3.63, 3.8) is 0 Å². The van der Waals surface area contributed by atoms with Crippen molar-refractivity contribution < 1.29 is 4.74 Å². The molecule has 0 aliphatic carbocycles. The third-order valence-corrected chi connectivity index (χ3v) is 3.54. The van der Waals surface area contributed by atoms with E-state index in [1.54, 1.807) is 7.11 Å². The van der Waals surface area contributed by atoms with Crippen LogP contribution in [-0.4, -0.2) is 37.7 Å². The number of para-hydroxylation sites is 1. The van der Waals surface area contributed by atoms with Crippen molar-refractivity contribution >= 4 is 0 Å². The van der Waals surface area contributed by atoms with Crippen molar-refractivity contribution in [1.82, 2.24) is 10.2 Å². The summed E-state index contributed by atoms with van der Waals surface area (Å²) in [6.07, 6.45) is 0. The van der Waals surface area contributed by atoms with Crippen molar-refractivity contribution in [2.45, 2.75) is 25.9 Å². The minimum Gasteiger partial charge on any atom is -0.496 e. The molecule has 17 heavy (non-hydrogen) atoms. The molecule has 2 rings (SSSR count). The Morgan fingerprint density at radius 3 is 2.88 bits per heavy atom. The van der Waals surface area contributed by atoms with Gasteiger partial charge < -0.3 is 10.1 Å². The summed E-state index contributed by atoms with van der Waals surface area (Å²) in [4.78, 5) is 2.51. The largest absolute Gasteiger partial charge is 0.496 e. The smallest absolute Gasteiger partial charge is 0.123 e. The van der Waals surface area contributed by atoms with Crippen LogP contribution in [0.3, 0.4) is 0 Å². The lowest BCUT2D eigenvalue weighted by atomic mass is 10.0. The van der Waals surface area contributed by atoms with Crippen LogP contribution in [0.25, 0.3) is 0 Å². The average molecular weight is 234 g/mol. The van der Waals surface area contributed by atoms with Gasteiger partial charge in [0.05, 0.1) is 7.11 Å². The van der Waals surface area contributed by atoms with Gasteiger partial charge >= 0.3 is 0 Å². The Hall–Kier alpha value is -1.06. The summed E-state index contributed by atoms with van der Waals surface area (Å²) in [6, 6.07) is 9.29. The standard InChI is InChI=1S/C14H22N2O/c1-11-10-16(9-8-15-11)12(2)13-6-4-5-7-14(13)17-3/h4-7,11-12,15H,8-10H2,1-3H3. The molecule has 1 aromatic rings. The van der Waals surface area contributed by atoms with Crippen LogP contribution >= 0.6 is 0 Å². The summed E-state index contributed by atoms with van der Waals surface area (Å²) >= 11 is 0. The van der Waals surface area contributed by atoms with Crippen LogP contribution in [0.2, 0.25) is 0 Å². The summed E-state index contributed by atoms with van der Waals surface area (Å²) in [5.41, 5.74) is 1.28. The lowest BCUT2D eigenvalue weighted by Gasteiger charge is -2.36. The van der Waals surface area contributed by atoms with Crippen molar-refractivity contribution in [3.8, 4) is 5.75 Å². The molecule has 0 spiro atoms. The molecule has 1 aromatic carbocycles. The first-order chi connectivity index (χ1) is 8.22. The van der Waals surface area contributed by atoms with Crippen LogP contribution in [0.5, 0.6) is 5.75 Å². The molecule has 1 fully saturated rings. The highest BCUT2D eigenvalue weighted by atomic mass is 16.5. The molecular formula is C14H22N2O. The van der Waals surface area contributed by atoms with Crippen LogP contribution in [0.1, 0.15) is 25.5 Å². The van der Waals surface area contributed by atoms with Crippen LogP contribution in [0, 0.1) is 0 Å². The molecule has 94 valence electrons. The molecular weight excluding hydrogens is 212 g/mol. The average Bonchev–Trinajstić information content (AvgIpc) is 2.38. The number of nitrogens with one attached hydrogen (secondary N) is 1. The molecule has 0 aromatic heterocycles. The predicted molar refractivity (Wildman–Crippen MR) is 70.4 cm³/mol. The molecule has 2 unspecified atom stereocenters. The summed E-state index contributed by atoms with van der Waals surface area (Å²) in [5, 5.41) is 3.47. The van der Waals surface area contributed by atoms with Gasteiger partial charge in [0.1, 0.15) is 5.75 Å². The van der Waals surface area contributed by atoms with Gasteiger partial charge in [-0.2, -0.15) is 0 Å². The number of hydrogen-bond donors (Lipinski definition) is 1. The topological polar surface area (TPSA) is 24.5 Å². The normalized spacial score (nSPS) is 23.4. The van der Waals surface area contributed by atoms with E-state index >= 15 is 0 Å². The van der Waals surface area contributed by atoms with Gasteiger partial charge in [0.2, 0.25) is 0 Å². The Balaban J connectivity index is 2.15. The summed E-state index contributed by atoms with van der Waals surface area (Å²) in [6.45, 7) is 7.76.